The zero-order chi connectivity index (χ0) is 7.45. The van der Waals surface area contributed by atoms with Crippen molar-refractivity contribution in [1.82, 2.24) is 0 Å². The molecule has 1 heteroatoms. The van der Waals surface area contributed by atoms with Crippen LogP contribution >= 0.6 is 0 Å². The van der Waals surface area contributed by atoms with Crippen LogP contribution in [0.2, 0.25) is 0 Å². The highest BCUT2D eigenvalue weighted by Gasteiger charge is 2.41. The molecular formula is C9H16O. The largest absolute Gasteiger partial charge is 0.303 e. The van der Waals surface area contributed by atoms with Gasteiger partial charge in [0.2, 0.25) is 0 Å². The maximum absolute atomic E-state index is 10.5. The van der Waals surface area contributed by atoms with E-state index in [1.54, 1.807) is 0 Å². The van der Waals surface area contributed by atoms with Crippen LogP contribution in [0.25, 0.3) is 0 Å². The highest BCUT2D eigenvalue weighted by molar-refractivity contribution is 5.63. The van der Waals surface area contributed by atoms with E-state index >= 15 is 0 Å². The minimum Gasteiger partial charge on any atom is -0.303 e. The zero-order valence-corrected chi connectivity index (χ0v) is 6.73. The summed E-state index contributed by atoms with van der Waals surface area (Å²) >= 11 is 0. The minimum atomic E-state index is 0.162. The molecule has 10 heavy (non-hydrogen) atoms. The molecule has 0 aromatic carbocycles. The molecule has 0 aromatic heterocycles. The minimum absolute atomic E-state index is 0.162. The number of hydrogen-bond donors (Lipinski definition) is 0. The monoisotopic (exact) mass is 140 g/mol. The van der Waals surface area contributed by atoms with Crippen molar-refractivity contribution in [1.29, 1.82) is 0 Å². The van der Waals surface area contributed by atoms with Crippen molar-refractivity contribution in [3.05, 3.63) is 0 Å². The summed E-state index contributed by atoms with van der Waals surface area (Å²) in [6.07, 6.45) is 8.41. The molecule has 0 aliphatic heterocycles. The normalized spacial score (nSPS) is 20.5. The number of hydrogen-bond acceptors (Lipinski definition) is 1. The van der Waals surface area contributed by atoms with E-state index in [4.69, 9.17) is 0 Å². The zero-order valence-electron chi connectivity index (χ0n) is 6.73. The smallest absolute Gasteiger partial charge is 0.126 e. The van der Waals surface area contributed by atoms with E-state index in [-0.39, 0.29) is 5.41 Å². The summed E-state index contributed by atoms with van der Waals surface area (Å²) in [5, 5.41) is 0. The number of unbranched alkanes of at least 4 members (excludes halogenated alkanes) is 2. The molecule has 0 spiro atoms. The van der Waals surface area contributed by atoms with Crippen molar-refractivity contribution in [2.75, 3.05) is 0 Å². The molecule has 0 atom stereocenters. The summed E-state index contributed by atoms with van der Waals surface area (Å²) in [5.74, 6) is 0. The van der Waals surface area contributed by atoms with Crippen LogP contribution in [0.15, 0.2) is 0 Å². The van der Waals surface area contributed by atoms with Gasteiger partial charge in [-0.15, -0.1) is 0 Å². The predicted octanol–water partition coefficient (Wildman–Crippen LogP) is 2.55. The molecule has 0 amide bonds. The van der Waals surface area contributed by atoms with Crippen LogP contribution in [0.5, 0.6) is 0 Å². The Labute approximate surface area is 62.8 Å². The van der Waals surface area contributed by atoms with Crippen LogP contribution in [-0.2, 0) is 4.79 Å². The van der Waals surface area contributed by atoms with Crippen LogP contribution in [0, 0.1) is 5.41 Å². The maximum Gasteiger partial charge on any atom is 0.126 e. The molecule has 0 aromatic rings. The van der Waals surface area contributed by atoms with Gasteiger partial charge in [-0.1, -0.05) is 26.2 Å². The molecule has 1 aliphatic rings. The van der Waals surface area contributed by atoms with Crippen molar-refractivity contribution in [2.24, 2.45) is 5.41 Å². The average Bonchev–Trinajstić information content (AvgIpc) is 2.70. The number of rotatable bonds is 5. The Bertz CT molecular complexity index is 114. The Morgan fingerprint density at radius 3 is 2.50 bits per heavy atom. The summed E-state index contributed by atoms with van der Waals surface area (Å²) in [7, 11) is 0. The fourth-order valence-electron chi connectivity index (χ4n) is 1.31. The first kappa shape index (κ1) is 7.77. The molecule has 1 saturated carbocycles. The lowest BCUT2D eigenvalue weighted by atomic mass is 10.0. The molecular weight excluding hydrogens is 124 g/mol. The SMILES string of the molecule is CCCCCC1(C=O)CC1. The Morgan fingerprint density at radius 2 is 2.10 bits per heavy atom. The number of aldehydes is 1. The van der Waals surface area contributed by atoms with Gasteiger partial charge in [-0.25, -0.2) is 0 Å². The van der Waals surface area contributed by atoms with E-state index in [0.29, 0.717) is 0 Å². The highest BCUT2D eigenvalue weighted by Crippen LogP contribution is 2.47. The van der Waals surface area contributed by atoms with Crippen LogP contribution in [0.1, 0.15) is 45.4 Å². The van der Waals surface area contributed by atoms with Crippen molar-refractivity contribution < 1.29 is 4.79 Å². The molecule has 1 aliphatic carbocycles. The fourth-order valence-corrected chi connectivity index (χ4v) is 1.31. The molecule has 0 saturated heterocycles. The quantitative estimate of drug-likeness (QED) is 0.423. The highest BCUT2D eigenvalue weighted by atomic mass is 16.1. The second-order valence-electron chi connectivity index (χ2n) is 3.44. The number of carbonyl (C=O) groups excluding carboxylic acids is 1. The first-order valence-electron chi connectivity index (χ1n) is 4.29. The van der Waals surface area contributed by atoms with Crippen LogP contribution in [0.3, 0.4) is 0 Å². The van der Waals surface area contributed by atoms with Gasteiger partial charge >= 0.3 is 0 Å². The van der Waals surface area contributed by atoms with Gasteiger partial charge in [-0.2, -0.15) is 0 Å². The average molecular weight is 140 g/mol. The first-order valence-corrected chi connectivity index (χ1v) is 4.29. The Kier molecular flexibility index (Phi) is 2.47. The lowest BCUT2D eigenvalue weighted by Crippen LogP contribution is -2.00. The first-order chi connectivity index (χ1) is 4.83. The topological polar surface area (TPSA) is 17.1 Å². The van der Waals surface area contributed by atoms with E-state index < -0.39 is 0 Å². The Balaban J connectivity index is 2.07. The van der Waals surface area contributed by atoms with Gasteiger partial charge in [0.25, 0.3) is 0 Å². The van der Waals surface area contributed by atoms with Gasteiger partial charge in [0.1, 0.15) is 6.29 Å². The van der Waals surface area contributed by atoms with Gasteiger partial charge in [0.15, 0.2) is 0 Å². The third-order valence-corrected chi connectivity index (χ3v) is 2.42. The standard InChI is InChI=1S/C9H16O/c1-2-3-4-5-9(8-10)6-7-9/h8H,2-7H2,1H3. The molecule has 58 valence electrons. The van der Waals surface area contributed by atoms with Gasteiger partial charge < -0.3 is 4.79 Å². The summed E-state index contributed by atoms with van der Waals surface area (Å²) in [4.78, 5) is 10.5. The second kappa shape index (κ2) is 3.18. The third-order valence-electron chi connectivity index (χ3n) is 2.42. The van der Waals surface area contributed by atoms with E-state index in [0.717, 1.165) is 19.3 Å². The summed E-state index contributed by atoms with van der Waals surface area (Å²) in [6.45, 7) is 2.19. The van der Waals surface area contributed by atoms with Crippen molar-refractivity contribution in [3.8, 4) is 0 Å². The van der Waals surface area contributed by atoms with Gasteiger partial charge in [0, 0.05) is 5.41 Å². The van der Waals surface area contributed by atoms with Gasteiger partial charge in [0.05, 0.1) is 0 Å². The van der Waals surface area contributed by atoms with E-state index in [9.17, 15) is 4.79 Å². The third kappa shape index (κ3) is 1.83. The van der Waals surface area contributed by atoms with E-state index in [1.165, 1.54) is 25.5 Å². The maximum atomic E-state index is 10.5. The van der Waals surface area contributed by atoms with Gasteiger partial charge in [-0.3, -0.25) is 0 Å². The van der Waals surface area contributed by atoms with Crippen LogP contribution in [0.4, 0.5) is 0 Å². The Hall–Kier alpha value is -0.330. The lowest BCUT2D eigenvalue weighted by molar-refractivity contribution is -0.112. The van der Waals surface area contributed by atoms with E-state index in [2.05, 4.69) is 6.92 Å². The van der Waals surface area contributed by atoms with Crippen molar-refractivity contribution in [3.63, 3.8) is 0 Å². The molecule has 0 N–H and O–H groups in total. The number of carbonyl (C=O) groups is 1. The molecule has 1 rings (SSSR count). The molecule has 0 bridgehead atoms. The summed E-state index contributed by atoms with van der Waals surface area (Å²) in [6, 6.07) is 0. The van der Waals surface area contributed by atoms with Gasteiger partial charge in [-0.05, 0) is 19.3 Å². The predicted molar refractivity (Wildman–Crippen MR) is 41.9 cm³/mol. The fraction of sp³-hybridized carbons (Fsp3) is 0.889. The van der Waals surface area contributed by atoms with Crippen molar-refractivity contribution in [2.45, 2.75) is 45.4 Å². The summed E-state index contributed by atoms with van der Waals surface area (Å²) < 4.78 is 0. The summed E-state index contributed by atoms with van der Waals surface area (Å²) in [5.41, 5.74) is 0.162. The molecule has 0 heterocycles. The van der Waals surface area contributed by atoms with Crippen molar-refractivity contribution >= 4 is 6.29 Å². The molecule has 1 fully saturated rings. The van der Waals surface area contributed by atoms with E-state index in [1.807, 2.05) is 0 Å². The van der Waals surface area contributed by atoms with Crippen LogP contribution < -0.4 is 0 Å². The second-order valence-corrected chi connectivity index (χ2v) is 3.44. The molecule has 1 nitrogen and oxygen atoms in total. The lowest BCUT2D eigenvalue weighted by Gasteiger charge is -2.03. The molecule has 0 unspecified atom stereocenters. The Morgan fingerprint density at radius 1 is 1.40 bits per heavy atom. The van der Waals surface area contributed by atoms with Crippen LogP contribution in [-0.4, -0.2) is 6.29 Å². The molecule has 0 radical (unpaired) electrons.